The first kappa shape index (κ1) is 25.6. The van der Waals surface area contributed by atoms with Gasteiger partial charge >= 0.3 is 12.1 Å². The van der Waals surface area contributed by atoms with Crippen LogP contribution in [0.2, 0.25) is 0 Å². The van der Waals surface area contributed by atoms with Gasteiger partial charge in [0.25, 0.3) is 0 Å². The summed E-state index contributed by atoms with van der Waals surface area (Å²) < 4.78 is 37.4. The van der Waals surface area contributed by atoms with Gasteiger partial charge in [0.05, 0.1) is 22.7 Å². The molecule has 0 aliphatic carbocycles. The number of hydrogen-bond donors (Lipinski definition) is 2. The fourth-order valence-electron chi connectivity index (χ4n) is 1.98. The zero-order valence-electron chi connectivity index (χ0n) is 16.5. The molecule has 1 amide bonds. The molecule has 2 N–H and O–H groups in total. The SMILES string of the molecule is CC.CC.Cc1nc(CC(=O)NCc2ccc(C(F)(F)F)cc2)c(C(=O)O)s1. The molecular formula is C19H25F3N2O3S. The van der Waals surface area contributed by atoms with Crippen molar-refractivity contribution in [2.75, 3.05) is 0 Å². The molecular weight excluding hydrogens is 393 g/mol. The van der Waals surface area contributed by atoms with Gasteiger partial charge < -0.3 is 10.4 Å². The Bertz CT molecular complexity index is 757. The minimum absolute atomic E-state index is 0.0113. The molecule has 28 heavy (non-hydrogen) atoms. The second-order valence-electron chi connectivity index (χ2n) is 4.96. The first-order valence-electron chi connectivity index (χ1n) is 8.79. The first-order valence-corrected chi connectivity index (χ1v) is 9.61. The normalized spacial score (nSPS) is 10.1. The minimum Gasteiger partial charge on any atom is -0.477 e. The van der Waals surface area contributed by atoms with Crippen LogP contribution in [-0.4, -0.2) is 22.0 Å². The maximum absolute atomic E-state index is 12.5. The van der Waals surface area contributed by atoms with E-state index in [-0.39, 0.29) is 23.5 Å². The first-order chi connectivity index (χ1) is 13.2. The van der Waals surface area contributed by atoms with Crippen LogP contribution in [0.25, 0.3) is 0 Å². The summed E-state index contributed by atoms with van der Waals surface area (Å²) in [6.45, 7) is 9.68. The topological polar surface area (TPSA) is 79.3 Å². The number of carboxylic acids is 1. The molecule has 0 saturated carbocycles. The molecule has 0 bridgehead atoms. The predicted molar refractivity (Wildman–Crippen MR) is 104 cm³/mol. The second kappa shape index (κ2) is 12.1. The van der Waals surface area contributed by atoms with E-state index in [9.17, 15) is 22.8 Å². The highest BCUT2D eigenvalue weighted by molar-refractivity contribution is 7.13. The van der Waals surface area contributed by atoms with Gasteiger partial charge in [0.1, 0.15) is 4.88 Å². The quantitative estimate of drug-likeness (QED) is 0.710. The van der Waals surface area contributed by atoms with E-state index in [4.69, 9.17) is 5.11 Å². The van der Waals surface area contributed by atoms with Crippen LogP contribution in [0.15, 0.2) is 24.3 Å². The third-order valence-electron chi connectivity index (χ3n) is 3.10. The Kier molecular flexibility index (Phi) is 11.1. The lowest BCUT2D eigenvalue weighted by molar-refractivity contribution is -0.137. The molecule has 1 heterocycles. The van der Waals surface area contributed by atoms with E-state index in [0.29, 0.717) is 10.6 Å². The number of amides is 1. The number of thiazole rings is 1. The van der Waals surface area contributed by atoms with E-state index < -0.39 is 23.6 Å². The number of carbonyl (C=O) groups excluding carboxylic acids is 1. The number of nitrogens with one attached hydrogen (secondary N) is 1. The standard InChI is InChI=1S/C15H13F3N2O3S.2C2H6/c1-8-20-11(13(24-8)14(22)23)6-12(21)19-7-9-2-4-10(5-3-9)15(16,17)18;2*1-2/h2-5H,6-7H2,1H3,(H,19,21)(H,22,23);2*1-2H3. The van der Waals surface area contributed by atoms with Gasteiger partial charge in [-0.25, -0.2) is 9.78 Å². The number of alkyl halides is 3. The fourth-order valence-corrected chi connectivity index (χ4v) is 2.76. The number of hydrogen-bond acceptors (Lipinski definition) is 4. The van der Waals surface area contributed by atoms with Crippen LogP contribution in [0.3, 0.4) is 0 Å². The Balaban J connectivity index is 0.00000171. The van der Waals surface area contributed by atoms with Gasteiger partial charge in [-0.1, -0.05) is 39.8 Å². The Morgan fingerprint density at radius 1 is 1.11 bits per heavy atom. The molecule has 1 aromatic carbocycles. The van der Waals surface area contributed by atoms with Gasteiger partial charge in [-0.05, 0) is 24.6 Å². The molecule has 2 rings (SSSR count). The summed E-state index contributed by atoms with van der Waals surface area (Å²) in [6, 6.07) is 4.43. The molecule has 0 saturated heterocycles. The molecule has 9 heteroatoms. The third kappa shape index (κ3) is 8.08. The second-order valence-corrected chi connectivity index (χ2v) is 6.17. The van der Waals surface area contributed by atoms with Crippen LogP contribution in [0.1, 0.15) is 59.2 Å². The number of aromatic nitrogens is 1. The molecule has 2 aromatic rings. The van der Waals surface area contributed by atoms with Gasteiger partial charge in [-0.3, -0.25) is 4.79 Å². The smallest absolute Gasteiger partial charge is 0.416 e. The van der Waals surface area contributed by atoms with Crippen LogP contribution < -0.4 is 5.32 Å². The summed E-state index contributed by atoms with van der Waals surface area (Å²) in [5.74, 6) is -1.60. The Hall–Kier alpha value is -2.42. The van der Waals surface area contributed by atoms with Gasteiger partial charge in [0.2, 0.25) is 5.91 Å². The van der Waals surface area contributed by atoms with E-state index in [1.165, 1.54) is 12.1 Å². The molecule has 0 unspecified atom stereocenters. The number of nitrogens with zero attached hydrogens (tertiary/aromatic N) is 1. The largest absolute Gasteiger partial charge is 0.477 e. The summed E-state index contributed by atoms with van der Waals surface area (Å²) in [6.07, 6.45) is -4.61. The van der Waals surface area contributed by atoms with Crippen LogP contribution in [0.4, 0.5) is 13.2 Å². The number of carbonyl (C=O) groups is 2. The lowest BCUT2D eigenvalue weighted by Crippen LogP contribution is -2.25. The van der Waals surface area contributed by atoms with Crippen molar-refractivity contribution in [3.63, 3.8) is 0 Å². The summed E-state index contributed by atoms with van der Waals surface area (Å²) >= 11 is 0.986. The van der Waals surface area contributed by atoms with Crippen molar-refractivity contribution in [1.82, 2.24) is 10.3 Å². The number of benzene rings is 1. The molecule has 0 fully saturated rings. The average molecular weight is 418 g/mol. The number of carboxylic acid groups (broad SMARTS) is 1. The summed E-state index contributed by atoms with van der Waals surface area (Å²) in [7, 11) is 0. The van der Waals surface area contributed by atoms with Crippen molar-refractivity contribution in [2.24, 2.45) is 0 Å². The Morgan fingerprint density at radius 2 is 1.64 bits per heavy atom. The van der Waals surface area contributed by atoms with Crippen molar-refractivity contribution in [3.8, 4) is 0 Å². The predicted octanol–water partition coefficient (Wildman–Crippen LogP) is 5.08. The number of aromatic carboxylic acids is 1. The zero-order chi connectivity index (χ0) is 21.9. The molecule has 5 nitrogen and oxygen atoms in total. The molecule has 0 atom stereocenters. The highest BCUT2D eigenvalue weighted by Crippen LogP contribution is 2.29. The maximum Gasteiger partial charge on any atom is 0.416 e. The highest BCUT2D eigenvalue weighted by atomic mass is 32.1. The summed E-state index contributed by atoms with van der Waals surface area (Å²) in [5, 5.41) is 12.1. The molecule has 156 valence electrons. The van der Waals surface area contributed by atoms with Crippen LogP contribution in [0, 0.1) is 6.92 Å². The Morgan fingerprint density at radius 3 is 2.11 bits per heavy atom. The van der Waals surface area contributed by atoms with Crippen molar-refractivity contribution < 1.29 is 27.9 Å². The van der Waals surface area contributed by atoms with E-state index >= 15 is 0 Å². The van der Waals surface area contributed by atoms with E-state index in [1.807, 2.05) is 27.7 Å². The van der Waals surface area contributed by atoms with Gasteiger partial charge in [0.15, 0.2) is 0 Å². The minimum atomic E-state index is -4.41. The van der Waals surface area contributed by atoms with Crippen LogP contribution in [-0.2, 0) is 23.9 Å². The molecule has 0 aliphatic heterocycles. The van der Waals surface area contributed by atoms with E-state index in [0.717, 1.165) is 23.5 Å². The van der Waals surface area contributed by atoms with Gasteiger partial charge in [-0.15, -0.1) is 11.3 Å². The van der Waals surface area contributed by atoms with Crippen molar-refractivity contribution in [2.45, 2.75) is 53.8 Å². The van der Waals surface area contributed by atoms with Crippen molar-refractivity contribution in [3.05, 3.63) is 51.0 Å². The van der Waals surface area contributed by atoms with Gasteiger partial charge in [-0.2, -0.15) is 13.2 Å². The third-order valence-corrected chi connectivity index (χ3v) is 4.10. The lowest BCUT2D eigenvalue weighted by atomic mass is 10.1. The highest BCUT2D eigenvalue weighted by Gasteiger charge is 2.29. The van der Waals surface area contributed by atoms with Gasteiger partial charge in [0, 0.05) is 6.54 Å². The molecule has 1 aromatic heterocycles. The monoisotopic (exact) mass is 418 g/mol. The van der Waals surface area contributed by atoms with E-state index in [1.54, 1.807) is 6.92 Å². The van der Waals surface area contributed by atoms with E-state index in [2.05, 4.69) is 10.3 Å². The number of rotatable bonds is 5. The zero-order valence-corrected chi connectivity index (χ0v) is 17.3. The summed E-state index contributed by atoms with van der Waals surface area (Å²) in [4.78, 5) is 27.0. The summed E-state index contributed by atoms with van der Waals surface area (Å²) in [5.41, 5.74) is -0.0826. The van der Waals surface area contributed by atoms with Crippen molar-refractivity contribution >= 4 is 23.2 Å². The van der Waals surface area contributed by atoms with Crippen molar-refractivity contribution in [1.29, 1.82) is 0 Å². The van der Waals surface area contributed by atoms with Crippen LogP contribution in [0.5, 0.6) is 0 Å². The number of aryl methyl sites for hydroxylation is 1. The number of halogens is 3. The molecule has 0 aliphatic rings. The fraction of sp³-hybridized carbons (Fsp3) is 0.421. The maximum atomic E-state index is 12.5. The molecule has 0 radical (unpaired) electrons. The van der Waals surface area contributed by atoms with Crippen LogP contribution >= 0.6 is 11.3 Å². The lowest BCUT2D eigenvalue weighted by Gasteiger charge is -2.08. The average Bonchev–Trinajstić information content (AvgIpc) is 3.03. The molecule has 0 spiro atoms. The Labute approximate surface area is 166 Å².